The van der Waals surface area contributed by atoms with Gasteiger partial charge < -0.3 is 5.11 Å². The first-order chi connectivity index (χ1) is 6.17. The van der Waals surface area contributed by atoms with Crippen LogP contribution in [0.15, 0.2) is 12.7 Å². The Balaban J connectivity index is 4.99. The summed E-state index contributed by atoms with van der Waals surface area (Å²) in [6.45, 7) is 16.4. The van der Waals surface area contributed by atoms with Crippen molar-refractivity contribution in [3.63, 3.8) is 0 Å². The topological polar surface area (TPSA) is 20.2 Å². The van der Waals surface area contributed by atoms with Crippen LogP contribution in [0.2, 0.25) is 0 Å². The predicted octanol–water partition coefficient (Wildman–Crippen LogP) is 3.63. The van der Waals surface area contributed by atoms with Gasteiger partial charge in [0.25, 0.3) is 0 Å². The molecular weight excluding hydrogens is 172 g/mol. The van der Waals surface area contributed by atoms with E-state index in [1.165, 1.54) is 0 Å². The van der Waals surface area contributed by atoms with E-state index in [9.17, 15) is 5.11 Å². The highest BCUT2D eigenvalue weighted by Crippen LogP contribution is 2.42. The van der Waals surface area contributed by atoms with Crippen LogP contribution < -0.4 is 0 Å². The Bertz CT molecular complexity index is 191. The van der Waals surface area contributed by atoms with Gasteiger partial charge in [-0.2, -0.15) is 0 Å². The highest BCUT2D eigenvalue weighted by Gasteiger charge is 2.43. The average Bonchev–Trinajstić information content (AvgIpc) is 2.02. The second-order valence-electron chi connectivity index (χ2n) is 5.60. The molecule has 0 aromatic rings. The van der Waals surface area contributed by atoms with E-state index in [0.717, 1.165) is 6.42 Å². The van der Waals surface area contributed by atoms with Gasteiger partial charge in [-0.3, -0.25) is 0 Å². The lowest BCUT2D eigenvalue weighted by molar-refractivity contribution is -0.0950. The quantitative estimate of drug-likeness (QED) is 0.669. The molecule has 0 rings (SSSR count). The van der Waals surface area contributed by atoms with Gasteiger partial charge in [0.15, 0.2) is 0 Å². The van der Waals surface area contributed by atoms with Gasteiger partial charge in [-0.1, -0.05) is 47.6 Å². The van der Waals surface area contributed by atoms with Gasteiger partial charge in [0.05, 0.1) is 5.60 Å². The third-order valence-corrected chi connectivity index (χ3v) is 3.30. The summed E-state index contributed by atoms with van der Waals surface area (Å²) in [4.78, 5) is 0. The van der Waals surface area contributed by atoms with Crippen LogP contribution in [0.3, 0.4) is 0 Å². The summed E-state index contributed by atoms with van der Waals surface area (Å²) in [5.41, 5.74) is -0.881. The minimum Gasteiger partial charge on any atom is -0.389 e. The van der Waals surface area contributed by atoms with Crippen molar-refractivity contribution in [1.29, 1.82) is 0 Å². The van der Waals surface area contributed by atoms with E-state index in [4.69, 9.17) is 0 Å². The minimum absolute atomic E-state index is 0.231. The smallest absolute Gasteiger partial charge is 0.0757 e. The van der Waals surface area contributed by atoms with Crippen LogP contribution >= 0.6 is 0 Å². The molecular formula is C13H26O. The number of rotatable bonds is 5. The van der Waals surface area contributed by atoms with Gasteiger partial charge in [-0.15, -0.1) is 6.58 Å². The molecule has 0 aromatic carbocycles. The molecule has 1 unspecified atom stereocenters. The fourth-order valence-electron chi connectivity index (χ4n) is 2.04. The molecule has 0 saturated heterocycles. The second kappa shape index (κ2) is 4.48. The van der Waals surface area contributed by atoms with Crippen LogP contribution in [-0.2, 0) is 0 Å². The van der Waals surface area contributed by atoms with Crippen LogP contribution in [0.25, 0.3) is 0 Å². The molecule has 0 fully saturated rings. The van der Waals surface area contributed by atoms with Crippen molar-refractivity contribution in [2.45, 2.75) is 53.6 Å². The molecule has 0 aliphatic rings. The number of aliphatic hydroxyl groups is 1. The van der Waals surface area contributed by atoms with E-state index >= 15 is 0 Å². The molecule has 1 N–H and O–H groups in total. The Hall–Kier alpha value is -0.300. The van der Waals surface area contributed by atoms with Gasteiger partial charge in [0.2, 0.25) is 0 Å². The molecule has 0 saturated carbocycles. The van der Waals surface area contributed by atoms with E-state index in [-0.39, 0.29) is 11.3 Å². The van der Waals surface area contributed by atoms with Crippen LogP contribution in [0.1, 0.15) is 48.0 Å². The summed E-state index contributed by atoms with van der Waals surface area (Å²) >= 11 is 0. The van der Waals surface area contributed by atoms with Crippen molar-refractivity contribution >= 4 is 0 Å². The van der Waals surface area contributed by atoms with E-state index in [1.807, 2.05) is 6.08 Å². The predicted molar refractivity (Wildman–Crippen MR) is 63.2 cm³/mol. The lowest BCUT2D eigenvalue weighted by atomic mass is 9.65. The van der Waals surface area contributed by atoms with E-state index in [0.29, 0.717) is 5.92 Å². The maximum absolute atomic E-state index is 10.7. The van der Waals surface area contributed by atoms with Gasteiger partial charge in [0.1, 0.15) is 0 Å². The first kappa shape index (κ1) is 13.7. The van der Waals surface area contributed by atoms with Crippen molar-refractivity contribution in [2.75, 3.05) is 0 Å². The van der Waals surface area contributed by atoms with Gasteiger partial charge in [-0.25, -0.2) is 0 Å². The fourth-order valence-corrected chi connectivity index (χ4v) is 2.04. The van der Waals surface area contributed by atoms with E-state index in [1.54, 1.807) is 0 Å². The molecule has 1 atom stereocenters. The molecule has 14 heavy (non-hydrogen) atoms. The molecule has 1 nitrogen and oxygen atoms in total. The summed E-state index contributed by atoms with van der Waals surface area (Å²) in [5.74, 6) is 0.750. The van der Waals surface area contributed by atoms with Gasteiger partial charge >= 0.3 is 0 Å². The van der Waals surface area contributed by atoms with Crippen molar-refractivity contribution < 1.29 is 5.11 Å². The summed E-state index contributed by atoms with van der Waals surface area (Å²) in [7, 11) is 0. The fraction of sp³-hybridized carbons (Fsp3) is 0.846. The molecule has 0 aliphatic heterocycles. The zero-order valence-corrected chi connectivity index (χ0v) is 10.6. The normalized spacial score (nSPS) is 17.2. The largest absolute Gasteiger partial charge is 0.389 e. The lowest BCUT2D eigenvalue weighted by Crippen LogP contribution is -2.48. The van der Waals surface area contributed by atoms with Crippen molar-refractivity contribution in [1.82, 2.24) is 0 Å². The molecule has 0 spiro atoms. The third-order valence-electron chi connectivity index (χ3n) is 3.30. The first-order valence-corrected chi connectivity index (χ1v) is 5.53. The molecule has 0 heterocycles. The van der Waals surface area contributed by atoms with Gasteiger partial charge in [-0.05, 0) is 18.3 Å². The van der Waals surface area contributed by atoms with Crippen molar-refractivity contribution in [2.24, 2.45) is 17.3 Å². The first-order valence-electron chi connectivity index (χ1n) is 5.53. The molecule has 0 bridgehead atoms. The molecule has 0 aliphatic carbocycles. The Morgan fingerprint density at radius 1 is 1.21 bits per heavy atom. The molecule has 84 valence electrons. The Morgan fingerprint density at radius 2 is 1.64 bits per heavy atom. The van der Waals surface area contributed by atoms with Crippen LogP contribution in [0, 0.1) is 17.3 Å². The zero-order valence-electron chi connectivity index (χ0n) is 10.6. The maximum Gasteiger partial charge on any atom is 0.0757 e. The van der Waals surface area contributed by atoms with Crippen molar-refractivity contribution in [3.8, 4) is 0 Å². The van der Waals surface area contributed by atoms with Crippen LogP contribution in [0.4, 0.5) is 0 Å². The molecule has 0 aromatic heterocycles. The average molecular weight is 198 g/mol. The molecule has 1 heteroatoms. The Morgan fingerprint density at radius 3 is 1.86 bits per heavy atom. The summed E-state index contributed by atoms with van der Waals surface area (Å²) in [6, 6.07) is 0. The second-order valence-corrected chi connectivity index (χ2v) is 5.60. The standard InChI is InChI=1S/C13H26O/c1-8-12(6,7)13(14,11(4)5)9-10(2)3/h8,10-11,14H,1,9H2,2-7H3. The van der Waals surface area contributed by atoms with E-state index < -0.39 is 5.60 Å². The van der Waals surface area contributed by atoms with Gasteiger partial charge in [0, 0.05) is 5.41 Å². The minimum atomic E-state index is -0.650. The Kier molecular flexibility index (Phi) is 4.38. The lowest BCUT2D eigenvalue weighted by Gasteiger charge is -2.45. The third kappa shape index (κ3) is 2.60. The summed E-state index contributed by atoms with van der Waals surface area (Å²) in [5, 5.41) is 10.7. The maximum atomic E-state index is 10.7. The summed E-state index contributed by atoms with van der Waals surface area (Å²) in [6.07, 6.45) is 2.69. The number of hydrogen-bond acceptors (Lipinski definition) is 1. The Labute approximate surface area is 89.2 Å². The zero-order chi connectivity index (χ0) is 11.6. The SMILES string of the molecule is C=CC(C)(C)C(O)(CC(C)C)C(C)C. The monoisotopic (exact) mass is 198 g/mol. The molecule has 0 radical (unpaired) electrons. The highest BCUT2D eigenvalue weighted by molar-refractivity contribution is 5.05. The highest BCUT2D eigenvalue weighted by atomic mass is 16.3. The number of hydrogen-bond donors (Lipinski definition) is 1. The van der Waals surface area contributed by atoms with E-state index in [2.05, 4.69) is 48.1 Å². The summed E-state index contributed by atoms with van der Waals surface area (Å²) < 4.78 is 0. The van der Waals surface area contributed by atoms with Crippen LogP contribution in [-0.4, -0.2) is 10.7 Å². The molecule has 0 amide bonds. The van der Waals surface area contributed by atoms with Crippen LogP contribution in [0.5, 0.6) is 0 Å². The van der Waals surface area contributed by atoms with Crippen molar-refractivity contribution in [3.05, 3.63) is 12.7 Å².